The van der Waals surface area contributed by atoms with E-state index in [1.165, 1.54) is 4.90 Å². The van der Waals surface area contributed by atoms with Crippen LogP contribution in [0, 0.1) is 0 Å². The fraction of sp³-hybridized carbons (Fsp3) is 0.357. The molecule has 5 nitrogen and oxygen atoms in total. The number of carbonyl (C=O) groups is 2. The fourth-order valence-electron chi connectivity index (χ4n) is 2.31. The molecule has 0 aliphatic carbocycles. The van der Waals surface area contributed by atoms with Crippen LogP contribution in [0.2, 0.25) is 5.02 Å². The molecule has 1 aromatic rings. The molecule has 0 spiro atoms. The van der Waals surface area contributed by atoms with Crippen molar-refractivity contribution >= 4 is 46.4 Å². The summed E-state index contributed by atoms with van der Waals surface area (Å²) in [6.45, 7) is 5.01. The van der Waals surface area contributed by atoms with E-state index in [0.717, 1.165) is 0 Å². The number of hydrogen-bond donors (Lipinski definition) is 1. The zero-order chi connectivity index (χ0) is 15.6. The van der Waals surface area contributed by atoms with Crippen LogP contribution in [0.15, 0.2) is 24.3 Å². The van der Waals surface area contributed by atoms with Gasteiger partial charge in [-0.05, 0) is 49.6 Å². The molecule has 0 saturated carbocycles. The number of halogens is 1. The summed E-state index contributed by atoms with van der Waals surface area (Å²) in [6.07, 6.45) is 0. The van der Waals surface area contributed by atoms with E-state index in [-0.39, 0.29) is 16.9 Å². The van der Waals surface area contributed by atoms with Gasteiger partial charge in [0.1, 0.15) is 0 Å². The van der Waals surface area contributed by atoms with Crippen LogP contribution in [-0.4, -0.2) is 41.0 Å². The third kappa shape index (κ3) is 3.07. The van der Waals surface area contributed by atoms with Crippen molar-refractivity contribution in [3.05, 3.63) is 29.3 Å². The smallest absolute Gasteiger partial charge is 0.260 e. The topological polar surface area (TPSA) is 52.7 Å². The number of rotatable bonds is 4. The van der Waals surface area contributed by atoms with Crippen LogP contribution < -0.4 is 10.2 Å². The van der Waals surface area contributed by atoms with E-state index in [1.807, 2.05) is 13.8 Å². The summed E-state index contributed by atoms with van der Waals surface area (Å²) in [5.41, 5.74) is 0.589. The fourth-order valence-corrected chi connectivity index (χ4v) is 2.73. The maximum Gasteiger partial charge on any atom is 0.260 e. The average Bonchev–Trinajstić information content (AvgIpc) is 2.45. The molecular formula is C14H16ClN3O2S. The first-order valence-electron chi connectivity index (χ1n) is 6.68. The van der Waals surface area contributed by atoms with Crippen molar-refractivity contribution in [2.45, 2.75) is 19.9 Å². The highest BCUT2D eigenvalue weighted by atomic mass is 35.5. The van der Waals surface area contributed by atoms with Crippen LogP contribution in [0.25, 0.3) is 0 Å². The van der Waals surface area contributed by atoms with Crippen LogP contribution in [0.3, 0.4) is 0 Å². The molecule has 1 N–H and O–H groups in total. The van der Waals surface area contributed by atoms with Gasteiger partial charge in [0, 0.05) is 5.02 Å². The largest absolute Gasteiger partial charge is 0.301 e. The van der Waals surface area contributed by atoms with Gasteiger partial charge in [0.25, 0.3) is 11.8 Å². The van der Waals surface area contributed by atoms with Crippen molar-refractivity contribution in [2.24, 2.45) is 0 Å². The molecule has 2 rings (SSSR count). The Labute approximate surface area is 133 Å². The summed E-state index contributed by atoms with van der Waals surface area (Å²) in [6, 6.07) is 5.89. The number of thiocarbonyl (C=S) groups is 1. The van der Waals surface area contributed by atoms with Crippen LogP contribution in [-0.2, 0) is 9.59 Å². The van der Waals surface area contributed by atoms with E-state index in [2.05, 4.69) is 5.32 Å². The van der Waals surface area contributed by atoms with Crippen molar-refractivity contribution in [1.29, 1.82) is 0 Å². The Bertz CT molecular complexity index is 572. The Balaban J connectivity index is 2.37. The quantitative estimate of drug-likeness (QED) is 0.677. The summed E-state index contributed by atoms with van der Waals surface area (Å²) in [5.74, 6) is -0.714. The maximum atomic E-state index is 12.7. The number of nitrogens with one attached hydrogen (secondary N) is 1. The number of likely N-dealkylation sites (N-methyl/N-ethyl adjacent to an activating group) is 1. The lowest BCUT2D eigenvalue weighted by atomic mass is 10.1. The minimum atomic E-state index is -0.859. The summed E-state index contributed by atoms with van der Waals surface area (Å²) >= 11 is 11.0. The second-order valence-electron chi connectivity index (χ2n) is 4.57. The van der Waals surface area contributed by atoms with Gasteiger partial charge in [0.15, 0.2) is 11.2 Å². The predicted octanol–water partition coefficient (Wildman–Crippen LogP) is 1.80. The number of benzene rings is 1. The lowest BCUT2D eigenvalue weighted by molar-refractivity contribution is -0.135. The van der Waals surface area contributed by atoms with Crippen LogP contribution in [0.1, 0.15) is 13.8 Å². The molecule has 1 heterocycles. The molecule has 2 amide bonds. The molecule has 0 aromatic heterocycles. The van der Waals surface area contributed by atoms with E-state index in [1.54, 1.807) is 29.2 Å². The van der Waals surface area contributed by atoms with Crippen molar-refractivity contribution in [2.75, 3.05) is 18.0 Å². The first kappa shape index (κ1) is 15.9. The Morgan fingerprint density at radius 3 is 2.33 bits per heavy atom. The summed E-state index contributed by atoms with van der Waals surface area (Å²) in [5, 5.41) is 3.26. The van der Waals surface area contributed by atoms with Crippen molar-refractivity contribution in [1.82, 2.24) is 10.2 Å². The van der Waals surface area contributed by atoms with Crippen LogP contribution >= 0.6 is 23.8 Å². The Hall–Kier alpha value is -1.50. The van der Waals surface area contributed by atoms with Gasteiger partial charge in [-0.25, -0.2) is 0 Å². The van der Waals surface area contributed by atoms with E-state index in [9.17, 15) is 9.59 Å². The highest BCUT2D eigenvalue weighted by molar-refractivity contribution is 7.80. The van der Waals surface area contributed by atoms with Gasteiger partial charge in [-0.1, -0.05) is 25.4 Å². The zero-order valence-electron chi connectivity index (χ0n) is 11.8. The third-order valence-electron chi connectivity index (χ3n) is 3.40. The molecule has 1 aliphatic rings. The second kappa shape index (κ2) is 6.51. The standard InChI is InChI=1S/C14H16ClN3O2S/c1-3-17(4-2)11-12(19)16-14(21)18(13(11)20)10-7-5-9(15)6-8-10/h5-8,11H,3-4H2,1-2H3,(H,16,19,21). The Kier molecular flexibility index (Phi) is 4.92. The second-order valence-corrected chi connectivity index (χ2v) is 5.39. The van der Waals surface area contributed by atoms with Crippen molar-refractivity contribution in [3.8, 4) is 0 Å². The molecule has 1 aliphatic heterocycles. The molecule has 1 saturated heterocycles. The number of hydrogen-bond acceptors (Lipinski definition) is 4. The lowest BCUT2D eigenvalue weighted by Gasteiger charge is -2.37. The maximum absolute atomic E-state index is 12.7. The third-order valence-corrected chi connectivity index (χ3v) is 3.93. The normalized spacial score (nSPS) is 19.1. The molecule has 1 aromatic carbocycles. The lowest BCUT2D eigenvalue weighted by Crippen LogP contribution is -2.65. The molecule has 7 heteroatoms. The summed E-state index contributed by atoms with van der Waals surface area (Å²) in [7, 11) is 0. The highest BCUT2D eigenvalue weighted by Gasteiger charge is 2.41. The molecule has 112 valence electrons. The molecule has 1 atom stereocenters. The molecule has 0 radical (unpaired) electrons. The van der Waals surface area contributed by atoms with Gasteiger partial charge >= 0.3 is 0 Å². The summed E-state index contributed by atoms with van der Waals surface area (Å²) in [4.78, 5) is 27.9. The first-order valence-corrected chi connectivity index (χ1v) is 7.46. The monoisotopic (exact) mass is 325 g/mol. The minimum absolute atomic E-state index is 0.0933. The zero-order valence-corrected chi connectivity index (χ0v) is 13.4. The van der Waals surface area contributed by atoms with Gasteiger partial charge in [0.05, 0.1) is 5.69 Å². The van der Waals surface area contributed by atoms with E-state index in [4.69, 9.17) is 23.8 Å². The minimum Gasteiger partial charge on any atom is -0.301 e. The van der Waals surface area contributed by atoms with Gasteiger partial charge < -0.3 is 5.32 Å². The van der Waals surface area contributed by atoms with Gasteiger partial charge in [-0.15, -0.1) is 0 Å². The predicted molar refractivity (Wildman–Crippen MR) is 86.4 cm³/mol. The number of amides is 2. The van der Waals surface area contributed by atoms with Crippen molar-refractivity contribution in [3.63, 3.8) is 0 Å². The molecule has 1 unspecified atom stereocenters. The van der Waals surface area contributed by atoms with E-state index >= 15 is 0 Å². The van der Waals surface area contributed by atoms with E-state index < -0.39 is 6.04 Å². The Morgan fingerprint density at radius 2 is 1.81 bits per heavy atom. The molecule has 21 heavy (non-hydrogen) atoms. The summed E-state index contributed by atoms with van der Waals surface area (Å²) < 4.78 is 0. The van der Waals surface area contributed by atoms with Crippen LogP contribution in [0.4, 0.5) is 5.69 Å². The Morgan fingerprint density at radius 1 is 1.24 bits per heavy atom. The number of carbonyl (C=O) groups excluding carboxylic acids is 2. The molecular weight excluding hydrogens is 310 g/mol. The molecule has 1 fully saturated rings. The van der Waals surface area contributed by atoms with Gasteiger partial charge in [-0.2, -0.15) is 0 Å². The molecule has 0 bridgehead atoms. The first-order chi connectivity index (χ1) is 9.99. The number of nitrogens with zero attached hydrogens (tertiary/aromatic N) is 2. The van der Waals surface area contributed by atoms with E-state index in [0.29, 0.717) is 23.8 Å². The van der Waals surface area contributed by atoms with Crippen molar-refractivity contribution < 1.29 is 9.59 Å². The van der Waals surface area contributed by atoms with Gasteiger partial charge in [-0.3, -0.25) is 19.4 Å². The van der Waals surface area contributed by atoms with Crippen LogP contribution in [0.5, 0.6) is 0 Å². The van der Waals surface area contributed by atoms with Gasteiger partial charge in [0.2, 0.25) is 0 Å². The highest BCUT2D eigenvalue weighted by Crippen LogP contribution is 2.22. The average molecular weight is 326 g/mol. The SMILES string of the molecule is CCN(CC)C1C(=O)NC(=S)N(c2ccc(Cl)cc2)C1=O. The number of anilines is 1.